The van der Waals surface area contributed by atoms with E-state index in [2.05, 4.69) is 12.1 Å². The van der Waals surface area contributed by atoms with Gasteiger partial charge in [0, 0.05) is 11.6 Å². The normalized spacial score (nSPS) is 16.4. The van der Waals surface area contributed by atoms with Crippen LogP contribution in [0, 0.1) is 11.3 Å². The molecule has 1 atom stereocenters. The summed E-state index contributed by atoms with van der Waals surface area (Å²) in [7, 11) is 0. The van der Waals surface area contributed by atoms with Gasteiger partial charge in [-0.2, -0.15) is 5.26 Å². The molecule has 24 heavy (non-hydrogen) atoms. The van der Waals surface area contributed by atoms with Crippen molar-refractivity contribution >= 4 is 10.8 Å². The van der Waals surface area contributed by atoms with Gasteiger partial charge in [-0.3, -0.25) is 0 Å². The number of phenols is 1. The topological polar surface area (TPSA) is 79.3 Å². The molecular formula is C20H14N2O2. The fourth-order valence-electron chi connectivity index (χ4n) is 3.17. The fraction of sp³-hybridized carbons (Fsp3) is 0.0500. The van der Waals surface area contributed by atoms with Crippen molar-refractivity contribution in [2.75, 3.05) is 0 Å². The standard InChI is InChI=1S/C20H14N2O2/c21-11-17-19(14-6-5-12-3-1-2-4-13(12)9-14)16-8-7-15(23)10-18(16)24-20(17)22/h1-10,19,23H,22H2. The second-order valence-corrected chi connectivity index (χ2v) is 5.75. The zero-order chi connectivity index (χ0) is 16.7. The molecule has 116 valence electrons. The summed E-state index contributed by atoms with van der Waals surface area (Å²) in [6.07, 6.45) is 0. The van der Waals surface area contributed by atoms with Crippen molar-refractivity contribution < 1.29 is 9.84 Å². The van der Waals surface area contributed by atoms with E-state index in [9.17, 15) is 10.4 Å². The second kappa shape index (κ2) is 5.32. The minimum atomic E-state index is -0.316. The molecule has 3 N–H and O–H groups in total. The molecule has 0 aromatic heterocycles. The van der Waals surface area contributed by atoms with Crippen molar-refractivity contribution in [3.63, 3.8) is 0 Å². The Labute approximate surface area is 139 Å². The SMILES string of the molecule is N#CC1=C(N)Oc2cc(O)ccc2C1c1ccc2ccccc2c1. The van der Waals surface area contributed by atoms with Crippen LogP contribution in [0.1, 0.15) is 17.0 Å². The van der Waals surface area contributed by atoms with E-state index in [1.165, 1.54) is 6.07 Å². The molecule has 1 aliphatic rings. The van der Waals surface area contributed by atoms with Gasteiger partial charge in [-0.1, -0.05) is 48.5 Å². The Hall–Kier alpha value is -3.45. The van der Waals surface area contributed by atoms with Gasteiger partial charge in [0.1, 0.15) is 23.1 Å². The van der Waals surface area contributed by atoms with Gasteiger partial charge in [0.05, 0.1) is 5.92 Å². The van der Waals surface area contributed by atoms with E-state index in [0.717, 1.165) is 21.9 Å². The van der Waals surface area contributed by atoms with Crippen LogP contribution in [0.3, 0.4) is 0 Å². The number of ether oxygens (including phenoxy) is 1. The zero-order valence-corrected chi connectivity index (χ0v) is 12.7. The summed E-state index contributed by atoms with van der Waals surface area (Å²) in [4.78, 5) is 0. The van der Waals surface area contributed by atoms with E-state index in [-0.39, 0.29) is 17.6 Å². The summed E-state index contributed by atoms with van der Waals surface area (Å²) >= 11 is 0. The Morgan fingerprint density at radius 3 is 2.58 bits per heavy atom. The van der Waals surface area contributed by atoms with Crippen LogP contribution in [-0.2, 0) is 0 Å². The molecule has 0 saturated heterocycles. The van der Waals surface area contributed by atoms with Gasteiger partial charge in [0.15, 0.2) is 0 Å². The zero-order valence-electron chi connectivity index (χ0n) is 12.7. The lowest BCUT2D eigenvalue weighted by molar-refractivity contribution is 0.388. The maximum absolute atomic E-state index is 9.69. The van der Waals surface area contributed by atoms with E-state index in [4.69, 9.17) is 10.5 Å². The lowest BCUT2D eigenvalue weighted by atomic mass is 9.83. The van der Waals surface area contributed by atoms with E-state index in [0.29, 0.717) is 11.3 Å². The predicted octanol–water partition coefficient (Wildman–Crippen LogP) is 3.76. The van der Waals surface area contributed by atoms with Crippen LogP contribution in [0.15, 0.2) is 72.1 Å². The summed E-state index contributed by atoms with van der Waals surface area (Å²) in [5, 5.41) is 21.5. The van der Waals surface area contributed by atoms with Crippen LogP contribution in [-0.4, -0.2) is 5.11 Å². The molecule has 3 aromatic carbocycles. The van der Waals surface area contributed by atoms with Crippen molar-refractivity contribution in [3.05, 3.63) is 83.2 Å². The molecule has 4 heteroatoms. The maximum Gasteiger partial charge on any atom is 0.205 e. The summed E-state index contributed by atoms with van der Waals surface area (Å²) in [5.74, 6) is 0.335. The maximum atomic E-state index is 9.69. The summed E-state index contributed by atoms with van der Waals surface area (Å²) in [6, 6.07) is 21.2. The smallest absolute Gasteiger partial charge is 0.205 e. The monoisotopic (exact) mass is 314 g/mol. The Morgan fingerprint density at radius 2 is 1.79 bits per heavy atom. The highest BCUT2D eigenvalue weighted by atomic mass is 16.5. The van der Waals surface area contributed by atoms with Gasteiger partial charge in [0.25, 0.3) is 0 Å². The quantitative estimate of drug-likeness (QED) is 0.716. The number of hydrogen-bond donors (Lipinski definition) is 2. The summed E-state index contributed by atoms with van der Waals surface area (Å²) in [5.41, 5.74) is 8.10. The van der Waals surface area contributed by atoms with Gasteiger partial charge in [-0.05, 0) is 22.4 Å². The number of allylic oxidation sites excluding steroid dienone is 1. The number of fused-ring (bicyclic) bond motifs is 2. The average Bonchev–Trinajstić information content (AvgIpc) is 2.60. The molecule has 1 heterocycles. The molecule has 0 radical (unpaired) electrons. The summed E-state index contributed by atoms with van der Waals surface area (Å²) < 4.78 is 5.53. The van der Waals surface area contributed by atoms with E-state index < -0.39 is 0 Å². The highest BCUT2D eigenvalue weighted by Crippen LogP contribution is 2.43. The number of rotatable bonds is 1. The third kappa shape index (κ3) is 2.15. The lowest BCUT2D eigenvalue weighted by Crippen LogP contribution is -2.20. The highest BCUT2D eigenvalue weighted by molar-refractivity contribution is 5.83. The van der Waals surface area contributed by atoms with Crippen LogP contribution in [0.25, 0.3) is 10.8 Å². The van der Waals surface area contributed by atoms with Crippen molar-refractivity contribution in [1.29, 1.82) is 5.26 Å². The number of nitriles is 1. The minimum Gasteiger partial charge on any atom is -0.508 e. The third-order valence-electron chi connectivity index (χ3n) is 4.31. The van der Waals surface area contributed by atoms with Gasteiger partial charge >= 0.3 is 0 Å². The van der Waals surface area contributed by atoms with Crippen molar-refractivity contribution in [1.82, 2.24) is 0 Å². The van der Waals surface area contributed by atoms with E-state index in [1.807, 2.05) is 36.4 Å². The molecule has 4 nitrogen and oxygen atoms in total. The van der Waals surface area contributed by atoms with Crippen molar-refractivity contribution in [2.24, 2.45) is 5.73 Å². The molecule has 3 aromatic rings. The van der Waals surface area contributed by atoms with Crippen LogP contribution in [0.5, 0.6) is 11.5 Å². The Morgan fingerprint density at radius 1 is 1.00 bits per heavy atom. The number of hydrogen-bond acceptors (Lipinski definition) is 4. The Balaban J connectivity index is 1.95. The van der Waals surface area contributed by atoms with Gasteiger partial charge < -0.3 is 15.6 Å². The van der Waals surface area contributed by atoms with Crippen LogP contribution in [0.2, 0.25) is 0 Å². The Kier molecular flexibility index (Phi) is 3.14. The number of benzene rings is 3. The lowest BCUT2D eigenvalue weighted by Gasteiger charge is -2.26. The minimum absolute atomic E-state index is 0.0776. The molecule has 4 rings (SSSR count). The first kappa shape index (κ1) is 14.2. The van der Waals surface area contributed by atoms with Crippen molar-refractivity contribution in [2.45, 2.75) is 5.92 Å². The van der Waals surface area contributed by atoms with Crippen LogP contribution in [0.4, 0.5) is 0 Å². The molecule has 1 unspecified atom stereocenters. The Bertz CT molecular complexity index is 1030. The first-order chi connectivity index (χ1) is 11.7. The number of phenolic OH excluding ortho intramolecular Hbond substituents is 1. The number of aromatic hydroxyl groups is 1. The van der Waals surface area contributed by atoms with Crippen LogP contribution >= 0.6 is 0 Å². The molecule has 0 fully saturated rings. The second-order valence-electron chi connectivity index (χ2n) is 5.75. The largest absolute Gasteiger partial charge is 0.508 e. The van der Waals surface area contributed by atoms with E-state index in [1.54, 1.807) is 12.1 Å². The molecule has 0 saturated carbocycles. The first-order valence-electron chi connectivity index (χ1n) is 7.56. The van der Waals surface area contributed by atoms with Gasteiger partial charge in [0.2, 0.25) is 5.88 Å². The molecule has 0 spiro atoms. The highest BCUT2D eigenvalue weighted by Gasteiger charge is 2.30. The van der Waals surface area contributed by atoms with E-state index >= 15 is 0 Å². The molecular weight excluding hydrogens is 300 g/mol. The average molecular weight is 314 g/mol. The molecule has 1 aliphatic heterocycles. The predicted molar refractivity (Wildman–Crippen MR) is 91.4 cm³/mol. The molecule has 0 aliphatic carbocycles. The number of nitrogens with two attached hydrogens (primary N) is 1. The summed E-state index contributed by atoms with van der Waals surface area (Å²) in [6.45, 7) is 0. The fourth-order valence-corrected chi connectivity index (χ4v) is 3.17. The number of nitrogens with zero attached hydrogens (tertiary/aromatic N) is 1. The van der Waals surface area contributed by atoms with Gasteiger partial charge in [-0.25, -0.2) is 0 Å². The first-order valence-corrected chi connectivity index (χ1v) is 7.56. The van der Waals surface area contributed by atoms with Gasteiger partial charge in [-0.15, -0.1) is 0 Å². The third-order valence-corrected chi connectivity index (χ3v) is 4.31. The van der Waals surface area contributed by atoms with Crippen molar-refractivity contribution in [3.8, 4) is 17.6 Å². The molecule has 0 bridgehead atoms. The molecule has 0 amide bonds. The van der Waals surface area contributed by atoms with Crippen LogP contribution < -0.4 is 10.5 Å².